The summed E-state index contributed by atoms with van der Waals surface area (Å²) in [5.74, 6) is -0.943. The molecule has 9 nitrogen and oxygen atoms in total. The lowest BCUT2D eigenvalue weighted by Crippen LogP contribution is -2.10. The molecule has 0 fully saturated rings. The van der Waals surface area contributed by atoms with Crippen LogP contribution in [0.2, 0.25) is 0 Å². The molecular formula is C76H72N6O3S2. The van der Waals surface area contributed by atoms with Crippen LogP contribution in [0.3, 0.4) is 0 Å². The first kappa shape index (κ1) is 57.1. The second-order valence-electron chi connectivity index (χ2n) is 23.8. The Morgan fingerprint density at radius 3 is 1.32 bits per heavy atom. The van der Waals surface area contributed by atoms with Gasteiger partial charge < -0.3 is 29.9 Å². The lowest BCUT2D eigenvalue weighted by molar-refractivity contribution is 0.0916. The highest BCUT2D eigenvalue weighted by molar-refractivity contribution is 7.19. The predicted octanol–water partition coefficient (Wildman–Crippen LogP) is 19.0. The minimum absolute atomic E-state index is 0.0307. The Hall–Kier alpha value is -9.03. The van der Waals surface area contributed by atoms with Gasteiger partial charge in [-0.15, -0.1) is 22.7 Å². The van der Waals surface area contributed by atoms with Crippen LogP contribution >= 0.6 is 22.7 Å². The number of aromatic amines is 6. The molecule has 0 radical (unpaired) electrons. The van der Waals surface area contributed by atoms with E-state index in [0.29, 0.717) is 11.1 Å². The predicted molar refractivity (Wildman–Crippen MR) is 358 cm³/mol. The summed E-state index contributed by atoms with van der Waals surface area (Å²) in [4.78, 5) is 68.2. The van der Waals surface area contributed by atoms with Gasteiger partial charge in [-0.05, 0) is 178 Å². The summed E-state index contributed by atoms with van der Waals surface area (Å²) in [7, 11) is 0. The van der Waals surface area contributed by atoms with Crippen LogP contribution in [0.5, 0.6) is 0 Å². The molecule has 8 heterocycles. The van der Waals surface area contributed by atoms with E-state index in [9.17, 15) is 14.4 Å². The van der Waals surface area contributed by atoms with Crippen LogP contribution in [0.15, 0.2) is 158 Å². The van der Waals surface area contributed by atoms with E-state index in [4.69, 9.17) is 0 Å². The first-order valence-corrected chi connectivity index (χ1v) is 31.9. The third-order valence-electron chi connectivity index (χ3n) is 18.5. The zero-order valence-electron chi connectivity index (χ0n) is 51.0. The lowest BCUT2D eigenvalue weighted by atomic mass is 9.86. The molecule has 0 aliphatic rings. The van der Waals surface area contributed by atoms with Crippen LogP contribution in [0, 0.1) is 55.4 Å². The van der Waals surface area contributed by atoms with Crippen molar-refractivity contribution in [2.45, 2.75) is 112 Å². The first-order chi connectivity index (χ1) is 42.1. The molecule has 0 bridgehead atoms. The maximum absolute atomic E-state index is 14.9. The number of fused-ring (bicyclic) bond motifs is 3. The third kappa shape index (κ3) is 10.1. The average molecular weight is 1180 g/mol. The largest absolute Gasteiger partial charge is 0.361 e. The summed E-state index contributed by atoms with van der Waals surface area (Å²) in [6, 6.07) is 55.9. The summed E-state index contributed by atoms with van der Waals surface area (Å²) >= 11 is 3.62. The summed E-state index contributed by atoms with van der Waals surface area (Å²) in [5, 5.41) is 4.68. The van der Waals surface area contributed by atoms with Gasteiger partial charge in [-0.3, -0.25) is 14.4 Å². The van der Waals surface area contributed by atoms with Gasteiger partial charge in [0.2, 0.25) is 0 Å². The van der Waals surface area contributed by atoms with E-state index in [0.717, 1.165) is 108 Å². The van der Waals surface area contributed by atoms with Gasteiger partial charge in [-0.2, -0.15) is 0 Å². The van der Waals surface area contributed by atoms with Crippen molar-refractivity contribution in [3.05, 3.63) is 291 Å². The van der Waals surface area contributed by atoms with Crippen LogP contribution < -0.4 is 0 Å². The number of aromatic nitrogens is 6. The Morgan fingerprint density at radius 1 is 0.402 bits per heavy atom. The number of thiophene rings is 2. The highest BCUT2D eigenvalue weighted by atomic mass is 32.1. The van der Waals surface area contributed by atoms with Crippen molar-refractivity contribution in [3.63, 3.8) is 0 Å². The second-order valence-corrected chi connectivity index (χ2v) is 26.1. The smallest absolute Gasteiger partial charge is 0.165 e. The van der Waals surface area contributed by atoms with Crippen molar-refractivity contribution < 1.29 is 14.4 Å². The van der Waals surface area contributed by atoms with Gasteiger partial charge in [0.1, 0.15) is 0 Å². The molecule has 13 rings (SSSR count). The fourth-order valence-electron chi connectivity index (χ4n) is 14.5. The molecule has 436 valence electrons. The Morgan fingerprint density at radius 2 is 0.816 bits per heavy atom. The molecule has 87 heavy (non-hydrogen) atoms. The molecule has 13 aromatic rings. The number of carbonyl (C=O) groups is 3. The Labute approximate surface area is 515 Å². The fraction of sp³-hybridized carbons (Fsp3) is 0.224. The monoisotopic (exact) mass is 1180 g/mol. The fourth-order valence-corrected chi connectivity index (χ4v) is 16.9. The minimum atomic E-state index is -0.292. The molecular weight excluding hydrogens is 1110 g/mol. The quantitative estimate of drug-likeness (QED) is 0.0448. The summed E-state index contributed by atoms with van der Waals surface area (Å²) in [6.45, 7) is 20.4. The number of benzene rings is 5. The zero-order valence-corrected chi connectivity index (χ0v) is 52.6. The highest BCUT2D eigenvalue weighted by Gasteiger charge is 2.34. The number of hydrogen-bond acceptors (Lipinski definition) is 5. The summed E-state index contributed by atoms with van der Waals surface area (Å²) in [6.07, 6.45) is 1.07. The van der Waals surface area contributed by atoms with E-state index >= 15 is 0 Å². The van der Waals surface area contributed by atoms with Crippen LogP contribution in [-0.2, 0) is 6.42 Å². The zero-order chi connectivity index (χ0) is 60.5. The van der Waals surface area contributed by atoms with Gasteiger partial charge in [0.25, 0.3) is 0 Å². The standard InChI is InChI=1S/C76H72N6O3S2/c1-11-53-40(2)73(77-44(53)6)71(64-38-51-25-16-19-30-62(51)86-64)58-34-35-59(82-58)72(65-39-52-26-17-20-31-63(52)87-65)76-43(5)68(47(9)80-76)61(85)37-36-60(84)67-42(4)74(79-46(67)8)69(50-23-13-12-14-24-50)56-32-33-57(81-56)70(75-41(3)66(48(10)83)45(7)78-75)55-29-21-27-49-22-15-18-28-54(49)55/h12-35,38-39,69-72,77-82H,11,36-37H2,1-10H3. The maximum atomic E-state index is 14.9. The Kier molecular flexibility index (Phi) is 15.1. The number of rotatable bonds is 19. The van der Waals surface area contributed by atoms with Gasteiger partial charge in [0, 0.05) is 117 Å². The van der Waals surface area contributed by atoms with Crippen LogP contribution in [0.1, 0.15) is 198 Å². The molecule has 4 atom stereocenters. The van der Waals surface area contributed by atoms with E-state index in [2.05, 4.69) is 209 Å². The van der Waals surface area contributed by atoms with E-state index in [-0.39, 0.29) is 53.9 Å². The summed E-state index contributed by atoms with van der Waals surface area (Å²) < 4.78 is 2.46. The number of H-pyrrole nitrogens is 6. The molecule has 0 amide bonds. The third-order valence-corrected chi connectivity index (χ3v) is 20.9. The molecule has 0 aliphatic carbocycles. The first-order valence-electron chi connectivity index (χ1n) is 30.3. The van der Waals surface area contributed by atoms with Crippen molar-refractivity contribution in [3.8, 4) is 0 Å². The van der Waals surface area contributed by atoms with Crippen molar-refractivity contribution in [1.82, 2.24) is 29.9 Å². The minimum Gasteiger partial charge on any atom is -0.361 e. The molecule has 4 unspecified atom stereocenters. The Balaban J connectivity index is 0.820. The van der Waals surface area contributed by atoms with Crippen LogP contribution in [0.4, 0.5) is 0 Å². The van der Waals surface area contributed by atoms with Gasteiger partial charge in [-0.25, -0.2) is 0 Å². The number of carbonyl (C=O) groups excluding carboxylic acids is 3. The number of Topliss-reactive ketones (excluding diaryl/α,β-unsaturated/α-hetero) is 3. The van der Waals surface area contributed by atoms with Gasteiger partial charge in [-0.1, -0.05) is 116 Å². The summed E-state index contributed by atoms with van der Waals surface area (Å²) in [5.41, 5.74) is 21.2. The SMILES string of the molecule is CCc1c(C)[nH]c(C(c2ccc(C(c3cc4ccccc4s3)c3[nH]c(C)c(C(=O)CCC(=O)c4c(C)[nH]c(C(c5ccccc5)c5ccc(C(c6[nH]c(C)c(C(C)=O)c6C)c6cccc7ccccc67)[nH]5)c4C)c3C)[nH]2)c2cc3ccccc3s2)c1C. The van der Waals surface area contributed by atoms with Crippen molar-refractivity contribution in [2.24, 2.45) is 0 Å². The second kappa shape index (κ2) is 23.0. The molecule has 8 aromatic heterocycles. The lowest BCUT2D eigenvalue weighted by Gasteiger charge is -2.21. The van der Waals surface area contributed by atoms with E-state index in [1.54, 1.807) is 18.3 Å². The molecule has 5 aromatic carbocycles. The average Bonchev–Trinajstić information content (AvgIpc) is 1.83. The molecule has 11 heteroatoms. The molecule has 0 spiro atoms. The topological polar surface area (TPSA) is 146 Å². The number of aryl methyl sites for hydroxylation is 4. The maximum Gasteiger partial charge on any atom is 0.165 e. The normalized spacial score (nSPS) is 13.3. The number of nitrogens with one attached hydrogen (secondary N) is 6. The van der Waals surface area contributed by atoms with E-state index in [1.807, 2.05) is 52.0 Å². The molecule has 0 saturated carbocycles. The number of hydrogen-bond donors (Lipinski definition) is 6. The van der Waals surface area contributed by atoms with Gasteiger partial charge >= 0.3 is 0 Å². The molecule has 0 saturated heterocycles. The van der Waals surface area contributed by atoms with Crippen LogP contribution in [0.25, 0.3) is 30.9 Å². The van der Waals surface area contributed by atoms with Crippen LogP contribution in [-0.4, -0.2) is 47.3 Å². The van der Waals surface area contributed by atoms with Crippen molar-refractivity contribution in [2.75, 3.05) is 0 Å². The van der Waals surface area contributed by atoms with Gasteiger partial charge in [0.05, 0.1) is 23.7 Å². The van der Waals surface area contributed by atoms with Gasteiger partial charge in [0.15, 0.2) is 17.3 Å². The molecule has 0 aliphatic heterocycles. The molecule has 6 N–H and O–H groups in total. The highest BCUT2D eigenvalue weighted by Crippen LogP contribution is 2.46. The van der Waals surface area contributed by atoms with E-state index in [1.165, 1.54) is 52.4 Å². The van der Waals surface area contributed by atoms with E-state index < -0.39 is 0 Å². The van der Waals surface area contributed by atoms with Crippen molar-refractivity contribution in [1.29, 1.82) is 0 Å². The Bertz CT molecular complexity index is 4720. The number of ketones is 3. The van der Waals surface area contributed by atoms with Crippen molar-refractivity contribution >= 4 is 71.0 Å².